The quantitative estimate of drug-likeness (QED) is 0.168. The average Bonchev–Trinajstić information content (AvgIpc) is 3.89. The van der Waals surface area contributed by atoms with E-state index in [1.807, 2.05) is 95.9 Å². The molecule has 0 bridgehead atoms. The van der Waals surface area contributed by atoms with Crippen LogP contribution < -0.4 is 4.90 Å². The van der Waals surface area contributed by atoms with Gasteiger partial charge in [0.15, 0.2) is 0 Å². The summed E-state index contributed by atoms with van der Waals surface area (Å²) in [6.45, 7) is 0. The molecule has 0 aliphatic rings. The van der Waals surface area contributed by atoms with E-state index in [-0.39, 0.29) is 35.4 Å². The number of aromatic nitrogens is 1. The Morgan fingerprint density at radius 1 is 0.424 bits per heavy atom. The summed E-state index contributed by atoms with van der Waals surface area (Å²) in [6, 6.07) is 65.0. The predicted octanol–water partition coefficient (Wildman–Crippen LogP) is 15.8. The highest BCUT2D eigenvalue weighted by Gasteiger charge is 2.21. The highest BCUT2D eigenvalue weighted by atomic mass is 16.3. The van der Waals surface area contributed by atoms with E-state index < -0.39 is 0 Å². The van der Waals surface area contributed by atoms with Crippen LogP contribution in [0.5, 0.6) is 0 Å². The molecule has 0 fully saturated rings. The van der Waals surface area contributed by atoms with Crippen LogP contribution in [0.1, 0.15) is 5.48 Å². The highest BCUT2D eigenvalue weighted by molar-refractivity contribution is 6.19. The third kappa shape index (κ3) is 5.36. The van der Waals surface area contributed by atoms with Gasteiger partial charge in [0.05, 0.1) is 27.6 Å². The smallest absolute Gasteiger partial charge is 0.143 e. The molecular weight excluding hydrogens is 717 g/mol. The maximum absolute atomic E-state index is 9.73. The molecule has 59 heavy (non-hydrogen) atoms. The van der Waals surface area contributed by atoms with Crippen molar-refractivity contribution in [1.29, 1.82) is 0 Å². The second-order valence-electron chi connectivity index (χ2n) is 15.0. The molecule has 2 heterocycles. The van der Waals surface area contributed by atoms with E-state index in [0.29, 0.717) is 22.5 Å². The van der Waals surface area contributed by atoms with Crippen LogP contribution in [0.15, 0.2) is 223 Å². The standard InChI is InChI=1S/C56H36N2O/c1-2-15-42(16-3-1)58-51-21-9-8-19-48(51)50-36-41(29-35-52(50)58)37-24-30-43(31-25-37)57(44-32-26-40(27-33-44)46-20-10-14-38-12-4-6-17-45(38)46)53-22-11-23-54-55(53)49-34-28-39-13-5-7-18-47(39)56(49)59-54/h1-36H/i26D,27D,32D,33D. The Labute approximate surface area is 346 Å². The lowest BCUT2D eigenvalue weighted by Crippen LogP contribution is -2.10. The number of hydrogen-bond donors (Lipinski definition) is 0. The van der Waals surface area contributed by atoms with Crippen LogP contribution in [0.4, 0.5) is 17.1 Å². The van der Waals surface area contributed by atoms with Crippen molar-refractivity contribution in [2.24, 2.45) is 0 Å². The van der Waals surface area contributed by atoms with Crippen LogP contribution in [-0.4, -0.2) is 4.57 Å². The third-order valence-electron chi connectivity index (χ3n) is 11.6. The summed E-state index contributed by atoms with van der Waals surface area (Å²) < 4.78 is 47.5. The first kappa shape index (κ1) is 29.4. The van der Waals surface area contributed by atoms with Gasteiger partial charge in [0.2, 0.25) is 0 Å². The van der Waals surface area contributed by atoms with Crippen molar-refractivity contribution in [3.63, 3.8) is 0 Å². The number of anilines is 3. The fourth-order valence-electron chi connectivity index (χ4n) is 8.92. The summed E-state index contributed by atoms with van der Waals surface area (Å²) >= 11 is 0. The molecule has 0 N–H and O–H groups in total. The minimum atomic E-state index is -0.140. The number of furan rings is 1. The zero-order valence-electron chi connectivity index (χ0n) is 35.8. The molecule has 12 rings (SSSR count). The van der Waals surface area contributed by atoms with Gasteiger partial charge >= 0.3 is 0 Å². The Hall–Kier alpha value is -7.88. The number of nitrogens with zero attached hydrogens (tertiary/aromatic N) is 2. The maximum Gasteiger partial charge on any atom is 0.143 e. The molecule has 3 nitrogen and oxygen atoms in total. The van der Waals surface area contributed by atoms with E-state index in [0.717, 1.165) is 71.1 Å². The summed E-state index contributed by atoms with van der Waals surface area (Å²) in [5, 5.41) is 7.91. The van der Waals surface area contributed by atoms with Crippen molar-refractivity contribution < 1.29 is 9.90 Å². The number of hydrogen-bond acceptors (Lipinski definition) is 2. The molecule has 12 aromatic rings. The summed E-state index contributed by atoms with van der Waals surface area (Å²) in [5.74, 6) is 0. The van der Waals surface area contributed by atoms with E-state index in [1.54, 1.807) is 0 Å². The molecule has 3 heteroatoms. The van der Waals surface area contributed by atoms with Crippen LogP contribution in [0.25, 0.3) is 93.2 Å². The minimum Gasteiger partial charge on any atom is -0.455 e. The van der Waals surface area contributed by atoms with Crippen LogP contribution >= 0.6 is 0 Å². The van der Waals surface area contributed by atoms with Gasteiger partial charge in [-0.05, 0) is 111 Å². The molecule has 0 saturated carbocycles. The van der Waals surface area contributed by atoms with E-state index in [9.17, 15) is 5.48 Å². The Morgan fingerprint density at radius 3 is 1.92 bits per heavy atom. The largest absolute Gasteiger partial charge is 0.455 e. The Morgan fingerprint density at radius 2 is 1.08 bits per heavy atom. The summed E-state index contributed by atoms with van der Waals surface area (Å²) in [4.78, 5) is 1.88. The topological polar surface area (TPSA) is 21.3 Å². The Balaban J connectivity index is 1.06. The fraction of sp³-hybridized carbons (Fsp3) is 0. The van der Waals surface area contributed by atoms with Gasteiger partial charge in [0, 0.05) is 38.6 Å². The van der Waals surface area contributed by atoms with Gasteiger partial charge in [-0.15, -0.1) is 0 Å². The zero-order chi connectivity index (χ0) is 42.3. The Bertz CT molecular complexity index is 3760. The summed E-state index contributed by atoms with van der Waals surface area (Å²) in [6.07, 6.45) is 0. The first-order valence-electron chi connectivity index (χ1n) is 21.9. The molecule has 276 valence electrons. The molecule has 0 atom stereocenters. The monoisotopic (exact) mass is 756 g/mol. The number of rotatable bonds is 6. The zero-order valence-corrected chi connectivity index (χ0v) is 31.8. The average molecular weight is 757 g/mol. The fourth-order valence-corrected chi connectivity index (χ4v) is 8.92. The Kier molecular flexibility index (Phi) is 6.65. The maximum atomic E-state index is 9.73. The SMILES string of the molecule is [2H]c1c([2H])c(N(c2ccc(-c3ccc4c(c3)c3ccccc3n4-c3ccccc3)cc2)c2cccc3oc4c5ccccc5ccc4c23)c([2H])c([2H])c1-c1cccc2ccccc12. The third-order valence-corrected chi connectivity index (χ3v) is 11.6. The van der Waals surface area contributed by atoms with E-state index in [2.05, 4.69) is 108 Å². The number of para-hydroxylation sites is 2. The van der Waals surface area contributed by atoms with Crippen LogP contribution in [0.2, 0.25) is 0 Å². The van der Waals surface area contributed by atoms with Gasteiger partial charge in [-0.25, -0.2) is 0 Å². The van der Waals surface area contributed by atoms with E-state index in [1.165, 1.54) is 5.39 Å². The second-order valence-corrected chi connectivity index (χ2v) is 15.0. The molecule has 0 radical (unpaired) electrons. The van der Waals surface area contributed by atoms with Crippen LogP contribution in [0, 0.1) is 0 Å². The molecule has 0 aliphatic carbocycles. The molecule has 2 aromatic heterocycles. The number of fused-ring (bicyclic) bond motifs is 9. The normalized spacial score (nSPS) is 12.7. The van der Waals surface area contributed by atoms with Crippen LogP contribution in [0.3, 0.4) is 0 Å². The van der Waals surface area contributed by atoms with Crippen LogP contribution in [-0.2, 0) is 0 Å². The van der Waals surface area contributed by atoms with Gasteiger partial charge in [-0.2, -0.15) is 0 Å². The molecule has 0 unspecified atom stereocenters. The van der Waals surface area contributed by atoms with Gasteiger partial charge in [0.25, 0.3) is 0 Å². The van der Waals surface area contributed by atoms with Crippen molar-refractivity contribution in [2.45, 2.75) is 0 Å². The molecule has 0 amide bonds. The van der Waals surface area contributed by atoms with Crippen molar-refractivity contribution in [1.82, 2.24) is 4.57 Å². The molecule has 0 spiro atoms. The van der Waals surface area contributed by atoms with Crippen molar-refractivity contribution in [3.05, 3.63) is 218 Å². The highest BCUT2D eigenvalue weighted by Crippen LogP contribution is 2.45. The minimum absolute atomic E-state index is 0.109. The van der Waals surface area contributed by atoms with E-state index in [4.69, 9.17) is 4.42 Å². The van der Waals surface area contributed by atoms with Crippen molar-refractivity contribution >= 4 is 82.4 Å². The second kappa shape index (κ2) is 13.4. The van der Waals surface area contributed by atoms with E-state index >= 15 is 0 Å². The molecule has 0 aliphatic heterocycles. The molecule has 0 saturated heterocycles. The first-order chi connectivity index (χ1) is 30.9. The van der Waals surface area contributed by atoms with Gasteiger partial charge < -0.3 is 13.9 Å². The van der Waals surface area contributed by atoms with Gasteiger partial charge in [-0.3, -0.25) is 0 Å². The molecular formula is C56H36N2O. The number of benzene rings is 10. The summed E-state index contributed by atoms with van der Waals surface area (Å²) in [7, 11) is 0. The van der Waals surface area contributed by atoms with Crippen molar-refractivity contribution in [2.75, 3.05) is 4.90 Å². The lowest BCUT2D eigenvalue weighted by Gasteiger charge is -2.26. The lowest BCUT2D eigenvalue weighted by atomic mass is 9.98. The predicted molar refractivity (Wildman–Crippen MR) is 249 cm³/mol. The lowest BCUT2D eigenvalue weighted by molar-refractivity contribution is 0.672. The summed E-state index contributed by atoms with van der Waals surface area (Å²) in [5.41, 5.74) is 9.27. The van der Waals surface area contributed by atoms with Crippen molar-refractivity contribution in [3.8, 4) is 27.9 Å². The first-order valence-corrected chi connectivity index (χ1v) is 19.9. The van der Waals surface area contributed by atoms with Gasteiger partial charge in [-0.1, -0.05) is 146 Å². The van der Waals surface area contributed by atoms with Gasteiger partial charge in [0.1, 0.15) is 11.2 Å². The molecule has 10 aromatic carbocycles.